The van der Waals surface area contributed by atoms with Crippen LogP contribution in [0.3, 0.4) is 0 Å². The number of nitrogens with zero attached hydrogens (tertiary/aromatic N) is 4. The average molecular weight is 452 g/mol. The van der Waals surface area contributed by atoms with Gasteiger partial charge in [0.05, 0.1) is 12.9 Å². The molecule has 4 rings (SSSR count). The summed E-state index contributed by atoms with van der Waals surface area (Å²) in [6, 6.07) is 17.5. The minimum absolute atomic E-state index is 0.0171. The summed E-state index contributed by atoms with van der Waals surface area (Å²) in [4.78, 5) is 25.9. The van der Waals surface area contributed by atoms with Crippen LogP contribution in [0.4, 0.5) is 0 Å². The summed E-state index contributed by atoms with van der Waals surface area (Å²) in [6.45, 7) is 1.10. The van der Waals surface area contributed by atoms with Gasteiger partial charge in [0.25, 0.3) is 0 Å². The Kier molecular flexibility index (Phi) is 6.75. The van der Waals surface area contributed by atoms with Gasteiger partial charge in [0.2, 0.25) is 11.8 Å². The van der Waals surface area contributed by atoms with Gasteiger partial charge in [-0.25, -0.2) is 0 Å². The molecule has 2 N–H and O–H groups in total. The van der Waals surface area contributed by atoms with Crippen LogP contribution in [0.25, 0.3) is 17.1 Å². The molecule has 8 nitrogen and oxygen atoms in total. The lowest BCUT2D eigenvalue weighted by molar-refractivity contribution is -0.132. The summed E-state index contributed by atoms with van der Waals surface area (Å²) < 4.78 is 7.31. The first-order chi connectivity index (χ1) is 15.6. The molecule has 1 saturated heterocycles. The molecule has 32 heavy (non-hydrogen) atoms. The molecule has 9 heteroatoms. The van der Waals surface area contributed by atoms with Crippen molar-refractivity contribution in [3.05, 3.63) is 54.6 Å². The van der Waals surface area contributed by atoms with Crippen molar-refractivity contribution in [2.24, 2.45) is 11.7 Å². The van der Waals surface area contributed by atoms with Gasteiger partial charge in [-0.1, -0.05) is 42.1 Å². The molecule has 0 bridgehead atoms. The summed E-state index contributed by atoms with van der Waals surface area (Å²) in [5, 5.41) is 9.43. The Balaban J connectivity index is 1.55. The highest BCUT2D eigenvalue weighted by atomic mass is 32.2. The summed E-state index contributed by atoms with van der Waals surface area (Å²) >= 11 is 1.35. The summed E-state index contributed by atoms with van der Waals surface area (Å²) in [6.07, 6.45) is 1.23. The first-order valence-corrected chi connectivity index (χ1v) is 11.4. The molecule has 3 aromatic rings. The number of likely N-dealkylation sites (tertiary alicyclic amines) is 1. The van der Waals surface area contributed by atoms with Crippen molar-refractivity contribution in [1.29, 1.82) is 0 Å². The van der Waals surface area contributed by atoms with E-state index < -0.39 is 0 Å². The molecule has 1 aliphatic rings. The van der Waals surface area contributed by atoms with E-state index in [-0.39, 0.29) is 23.5 Å². The molecule has 0 saturated carbocycles. The van der Waals surface area contributed by atoms with Crippen molar-refractivity contribution in [1.82, 2.24) is 19.7 Å². The number of piperidine rings is 1. The van der Waals surface area contributed by atoms with Crippen LogP contribution in [0.15, 0.2) is 59.8 Å². The number of ether oxygens (including phenoxy) is 1. The molecule has 1 aromatic heterocycles. The Bertz CT molecular complexity index is 1090. The molecule has 2 aromatic carbocycles. The second-order valence-electron chi connectivity index (χ2n) is 7.56. The zero-order valence-electron chi connectivity index (χ0n) is 17.8. The summed E-state index contributed by atoms with van der Waals surface area (Å²) in [7, 11) is 1.63. The van der Waals surface area contributed by atoms with Gasteiger partial charge < -0.3 is 15.4 Å². The quantitative estimate of drug-likeness (QED) is 0.554. The van der Waals surface area contributed by atoms with E-state index in [4.69, 9.17) is 10.5 Å². The Hall–Kier alpha value is -3.33. The van der Waals surface area contributed by atoms with E-state index >= 15 is 0 Å². The van der Waals surface area contributed by atoms with Crippen molar-refractivity contribution >= 4 is 23.6 Å². The van der Waals surface area contributed by atoms with E-state index in [0.717, 1.165) is 17.0 Å². The number of rotatable bonds is 7. The molecular weight excluding hydrogens is 426 g/mol. The number of para-hydroxylation sites is 1. The van der Waals surface area contributed by atoms with Crippen LogP contribution < -0.4 is 10.5 Å². The fraction of sp³-hybridized carbons (Fsp3) is 0.304. The van der Waals surface area contributed by atoms with Gasteiger partial charge in [0.1, 0.15) is 5.75 Å². The van der Waals surface area contributed by atoms with Crippen molar-refractivity contribution in [3.63, 3.8) is 0 Å². The zero-order chi connectivity index (χ0) is 22.5. The highest BCUT2D eigenvalue weighted by Crippen LogP contribution is 2.30. The molecule has 0 spiro atoms. The van der Waals surface area contributed by atoms with E-state index in [0.29, 0.717) is 36.9 Å². The maximum Gasteiger partial charge on any atom is 0.233 e. The maximum absolute atomic E-state index is 12.8. The normalized spacial score (nSPS) is 14.3. The predicted molar refractivity (Wildman–Crippen MR) is 123 cm³/mol. The van der Waals surface area contributed by atoms with E-state index in [1.807, 2.05) is 59.2 Å². The van der Waals surface area contributed by atoms with E-state index in [9.17, 15) is 9.59 Å². The number of thioether (sulfide) groups is 1. The molecule has 166 valence electrons. The number of hydrogen-bond donors (Lipinski definition) is 1. The molecule has 0 aliphatic carbocycles. The lowest BCUT2D eigenvalue weighted by Crippen LogP contribution is -2.42. The SMILES string of the molecule is COc1cccc(-c2nnc(SCC(=O)N3CCC(C(N)=O)CC3)n2-c2ccccc2)c1. The number of hydrogen-bond acceptors (Lipinski definition) is 6. The van der Waals surface area contributed by atoms with Gasteiger partial charge in [-0.15, -0.1) is 10.2 Å². The molecule has 0 radical (unpaired) electrons. The highest BCUT2D eigenvalue weighted by molar-refractivity contribution is 7.99. The van der Waals surface area contributed by atoms with Crippen molar-refractivity contribution < 1.29 is 14.3 Å². The minimum atomic E-state index is -0.285. The molecule has 0 atom stereocenters. The van der Waals surface area contributed by atoms with Crippen LogP contribution in [0.2, 0.25) is 0 Å². The Morgan fingerprint density at radius 1 is 1.09 bits per heavy atom. The van der Waals surface area contributed by atoms with Crippen LogP contribution in [0, 0.1) is 5.92 Å². The zero-order valence-corrected chi connectivity index (χ0v) is 18.6. The number of aromatic nitrogens is 3. The second-order valence-corrected chi connectivity index (χ2v) is 8.50. The molecule has 2 amide bonds. The van der Waals surface area contributed by atoms with Gasteiger partial charge in [-0.3, -0.25) is 14.2 Å². The maximum atomic E-state index is 12.8. The molecular formula is C23H25N5O3S. The van der Waals surface area contributed by atoms with Gasteiger partial charge in [0, 0.05) is 30.3 Å². The van der Waals surface area contributed by atoms with E-state index in [1.165, 1.54) is 11.8 Å². The Morgan fingerprint density at radius 2 is 1.84 bits per heavy atom. The lowest BCUT2D eigenvalue weighted by atomic mass is 9.96. The van der Waals surface area contributed by atoms with Gasteiger partial charge in [-0.05, 0) is 37.1 Å². The number of carbonyl (C=O) groups excluding carboxylic acids is 2. The van der Waals surface area contributed by atoms with Gasteiger partial charge in [0.15, 0.2) is 11.0 Å². The Labute approximate surface area is 190 Å². The third-order valence-corrected chi connectivity index (χ3v) is 6.46. The monoisotopic (exact) mass is 451 g/mol. The Morgan fingerprint density at radius 3 is 2.53 bits per heavy atom. The lowest BCUT2D eigenvalue weighted by Gasteiger charge is -2.30. The first kappa shape index (κ1) is 21.9. The smallest absolute Gasteiger partial charge is 0.233 e. The van der Waals surface area contributed by atoms with Crippen molar-refractivity contribution in [3.8, 4) is 22.8 Å². The fourth-order valence-corrected chi connectivity index (χ4v) is 4.61. The topological polar surface area (TPSA) is 103 Å². The molecule has 1 fully saturated rings. The van der Waals surface area contributed by atoms with Crippen molar-refractivity contribution in [2.45, 2.75) is 18.0 Å². The number of carbonyl (C=O) groups is 2. The van der Waals surface area contributed by atoms with Crippen LogP contribution in [0.5, 0.6) is 5.75 Å². The van der Waals surface area contributed by atoms with Crippen LogP contribution in [-0.2, 0) is 9.59 Å². The summed E-state index contributed by atoms with van der Waals surface area (Å²) in [5.74, 6) is 1.24. The average Bonchev–Trinajstić information content (AvgIpc) is 3.27. The fourth-order valence-electron chi connectivity index (χ4n) is 3.75. The van der Waals surface area contributed by atoms with Crippen molar-refractivity contribution in [2.75, 3.05) is 26.0 Å². The van der Waals surface area contributed by atoms with Gasteiger partial charge in [-0.2, -0.15) is 0 Å². The molecule has 1 aliphatic heterocycles. The highest BCUT2D eigenvalue weighted by Gasteiger charge is 2.26. The van der Waals surface area contributed by atoms with Crippen LogP contribution in [0.1, 0.15) is 12.8 Å². The third-order valence-electron chi connectivity index (χ3n) is 5.55. The van der Waals surface area contributed by atoms with Crippen LogP contribution >= 0.6 is 11.8 Å². The number of nitrogens with two attached hydrogens (primary N) is 1. The van der Waals surface area contributed by atoms with E-state index in [2.05, 4.69) is 10.2 Å². The minimum Gasteiger partial charge on any atom is -0.497 e. The number of primary amides is 1. The standard InChI is InChI=1S/C23H25N5O3S/c1-31-19-9-5-6-17(14-19)22-25-26-23(28(22)18-7-3-2-4-8-18)32-15-20(29)27-12-10-16(11-13-27)21(24)30/h2-9,14,16H,10-13,15H2,1H3,(H2,24,30). The molecule has 0 unspecified atom stereocenters. The number of benzene rings is 2. The second kappa shape index (κ2) is 9.86. The number of amides is 2. The third kappa shape index (κ3) is 4.77. The van der Waals surface area contributed by atoms with E-state index in [1.54, 1.807) is 12.0 Å². The van der Waals surface area contributed by atoms with Crippen LogP contribution in [-0.4, -0.2) is 57.4 Å². The molecule has 2 heterocycles. The van der Waals surface area contributed by atoms with Gasteiger partial charge >= 0.3 is 0 Å². The first-order valence-electron chi connectivity index (χ1n) is 10.4. The summed E-state index contributed by atoms with van der Waals surface area (Å²) in [5.41, 5.74) is 7.17. The number of methoxy groups -OCH3 is 1. The largest absolute Gasteiger partial charge is 0.497 e. The predicted octanol–water partition coefficient (Wildman–Crippen LogP) is 2.76.